The molecular formula is C9H12N2O3S. The molecule has 0 bridgehead atoms. The van der Waals surface area contributed by atoms with Gasteiger partial charge in [-0.1, -0.05) is 0 Å². The van der Waals surface area contributed by atoms with Gasteiger partial charge in [0.2, 0.25) is 0 Å². The van der Waals surface area contributed by atoms with Crippen LogP contribution in [0, 0.1) is 0 Å². The maximum atomic E-state index is 10.8. The number of primary amides is 1. The summed E-state index contributed by atoms with van der Waals surface area (Å²) in [6, 6.07) is 0. The van der Waals surface area contributed by atoms with E-state index in [1.165, 1.54) is 11.3 Å². The Morgan fingerprint density at radius 2 is 2.53 bits per heavy atom. The van der Waals surface area contributed by atoms with Crippen LogP contribution in [0.4, 0.5) is 0 Å². The lowest BCUT2D eigenvalue weighted by atomic mass is 10.2. The lowest BCUT2D eigenvalue weighted by Crippen LogP contribution is -2.12. The summed E-state index contributed by atoms with van der Waals surface area (Å²) in [5, 5.41) is 11.3. The van der Waals surface area contributed by atoms with E-state index in [-0.39, 0.29) is 24.5 Å². The van der Waals surface area contributed by atoms with Crippen molar-refractivity contribution in [1.82, 2.24) is 4.98 Å². The summed E-state index contributed by atoms with van der Waals surface area (Å²) < 4.78 is 5.54. The molecule has 1 aromatic rings. The lowest BCUT2D eigenvalue weighted by molar-refractivity contribution is 0.0109. The van der Waals surface area contributed by atoms with Crippen LogP contribution in [0.3, 0.4) is 0 Å². The predicted molar refractivity (Wildman–Crippen MR) is 54.6 cm³/mol. The Balaban J connectivity index is 2.07. The van der Waals surface area contributed by atoms with Gasteiger partial charge >= 0.3 is 0 Å². The first-order valence-corrected chi connectivity index (χ1v) is 5.60. The number of nitrogens with zero attached hydrogens (tertiary/aromatic N) is 1. The number of thiazole rings is 1. The molecule has 5 nitrogen and oxygen atoms in total. The van der Waals surface area contributed by atoms with Gasteiger partial charge in [-0.15, -0.1) is 11.3 Å². The van der Waals surface area contributed by atoms with E-state index in [2.05, 4.69) is 4.98 Å². The molecule has 1 aromatic heterocycles. The Morgan fingerprint density at radius 3 is 3.07 bits per heavy atom. The molecule has 1 amide bonds. The topological polar surface area (TPSA) is 85.4 Å². The summed E-state index contributed by atoms with van der Waals surface area (Å²) in [7, 11) is 0. The van der Waals surface area contributed by atoms with Crippen molar-refractivity contribution in [3.8, 4) is 0 Å². The summed E-state index contributed by atoms with van der Waals surface area (Å²) in [6.45, 7) is 0.0323. The van der Waals surface area contributed by atoms with Crippen LogP contribution < -0.4 is 5.73 Å². The van der Waals surface area contributed by atoms with Crippen LogP contribution in [0.25, 0.3) is 0 Å². The van der Waals surface area contributed by atoms with E-state index < -0.39 is 5.91 Å². The highest BCUT2D eigenvalue weighted by Crippen LogP contribution is 2.33. The fourth-order valence-electron chi connectivity index (χ4n) is 1.57. The summed E-state index contributed by atoms with van der Waals surface area (Å²) in [5.74, 6) is -0.519. The van der Waals surface area contributed by atoms with Crippen LogP contribution in [0.1, 0.15) is 34.4 Å². The molecule has 2 atom stereocenters. The van der Waals surface area contributed by atoms with Crippen LogP contribution in [-0.2, 0) is 4.74 Å². The van der Waals surface area contributed by atoms with Crippen molar-refractivity contribution in [2.75, 3.05) is 6.61 Å². The van der Waals surface area contributed by atoms with E-state index in [0.29, 0.717) is 0 Å². The lowest BCUT2D eigenvalue weighted by Gasteiger charge is -2.08. The van der Waals surface area contributed by atoms with Crippen LogP contribution in [0.5, 0.6) is 0 Å². The highest BCUT2D eigenvalue weighted by Gasteiger charge is 2.28. The molecular weight excluding hydrogens is 216 g/mol. The first-order chi connectivity index (χ1) is 7.20. The molecule has 0 aliphatic carbocycles. The summed E-state index contributed by atoms with van der Waals surface area (Å²) >= 11 is 1.37. The zero-order valence-corrected chi connectivity index (χ0v) is 8.87. The van der Waals surface area contributed by atoms with Crippen molar-refractivity contribution < 1.29 is 14.6 Å². The van der Waals surface area contributed by atoms with E-state index in [0.717, 1.165) is 17.8 Å². The number of rotatable bonds is 3. The minimum absolute atomic E-state index is 0.0323. The second-order valence-corrected chi connectivity index (χ2v) is 4.33. The molecule has 0 unspecified atom stereocenters. The number of amides is 1. The SMILES string of the molecule is NC(=O)c1csc([C@@H]2CC[C@H](CO)O2)n1. The fraction of sp³-hybridized carbons (Fsp3) is 0.556. The zero-order valence-electron chi connectivity index (χ0n) is 8.05. The van der Waals surface area contributed by atoms with Gasteiger partial charge in [0, 0.05) is 5.38 Å². The molecule has 1 aliphatic heterocycles. The molecule has 3 N–H and O–H groups in total. The van der Waals surface area contributed by atoms with Crippen LogP contribution in [0.2, 0.25) is 0 Å². The van der Waals surface area contributed by atoms with Crippen molar-refractivity contribution >= 4 is 17.2 Å². The fourth-order valence-corrected chi connectivity index (χ4v) is 2.45. The van der Waals surface area contributed by atoms with Gasteiger partial charge in [0.05, 0.1) is 12.7 Å². The van der Waals surface area contributed by atoms with Gasteiger partial charge in [0.25, 0.3) is 5.91 Å². The van der Waals surface area contributed by atoms with Gasteiger partial charge in [-0.25, -0.2) is 4.98 Å². The second-order valence-electron chi connectivity index (χ2n) is 3.44. The minimum atomic E-state index is -0.519. The van der Waals surface area contributed by atoms with Gasteiger partial charge in [-0.05, 0) is 12.8 Å². The smallest absolute Gasteiger partial charge is 0.268 e. The normalized spacial score (nSPS) is 25.7. The Kier molecular flexibility index (Phi) is 2.99. The minimum Gasteiger partial charge on any atom is -0.394 e. The van der Waals surface area contributed by atoms with Crippen LogP contribution in [-0.4, -0.2) is 28.7 Å². The van der Waals surface area contributed by atoms with Gasteiger partial charge in [-0.3, -0.25) is 4.79 Å². The van der Waals surface area contributed by atoms with Gasteiger partial charge in [0.15, 0.2) is 0 Å². The molecule has 1 saturated heterocycles. The molecule has 2 rings (SSSR count). The molecule has 0 spiro atoms. The number of aliphatic hydroxyl groups is 1. The number of hydrogen-bond acceptors (Lipinski definition) is 5. The summed E-state index contributed by atoms with van der Waals surface area (Å²) in [5.41, 5.74) is 5.39. The molecule has 0 radical (unpaired) electrons. The van der Waals surface area contributed by atoms with E-state index >= 15 is 0 Å². The third-order valence-electron chi connectivity index (χ3n) is 2.36. The molecule has 1 fully saturated rings. The molecule has 0 aromatic carbocycles. The average Bonchev–Trinajstić information content (AvgIpc) is 2.86. The Hall–Kier alpha value is -0.980. The van der Waals surface area contributed by atoms with Crippen LogP contribution >= 0.6 is 11.3 Å². The number of carbonyl (C=O) groups excluding carboxylic acids is 1. The number of nitrogens with two attached hydrogens (primary N) is 1. The summed E-state index contributed by atoms with van der Waals surface area (Å²) in [4.78, 5) is 14.9. The monoisotopic (exact) mass is 228 g/mol. The maximum Gasteiger partial charge on any atom is 0.268 e. The van der Waals surface area contributed by atoms with Crippen molar-refractivity contribution in [2.45, 2.75) is 25.0 Å². The Morgan fingerprint density at radius 1 is 1.73 bits per heavy atom. The molecule has 15 heavy (non-hydrogen) atoms. The molecule has 2 heterocycles. The predicted octanol–water partition coefficient (Wildman–Crippen LogP) is 0.454. The van der Waals surface area contributed by atoms with E-state index in [4.69, 9.17) is 15.6 Å². The van der Waals surface area contributed by atoms with Gasteiger partial charge in [-0.2, -0.15) is 0 Å². The second kappa shape index (κ2) is 4.26. The Labute approximate surface area is 90.9 Å². The first-order valence-electron chi connectivity index (χ1n) is 4.72. The van der Waals surface area contributed by atoms with E-state index in [9.17, 15) is 4.79 Å². The number of carbonyl (C=O) groups is 1. The van der Waals surface area contributed by atoms with Crippen molar-refractivity contribution in [3.05, 3.63) is 16.1 Å². The van der Waals surface area contributed by atoms with E-state index in [1.807, 2.05) is 0 Å². The van der Waals surface area contributed by atoms with Crippen molar-refractivity contribution in [2.24, 2.45) is 5.73 Å². The van der Waals surface area contributed by atoms with E-state index in [1.54, 1.807) is 5.38 Å². The third kappa shape index (κ3) is 2.17. The van der Waals surface area contributed by atoms with Crippen molar-refractivity contribution in [3.63, 3.8) is 0 Å². The van der Waals surface area contributed by atoms with Gasteiger partial charge < -0.3 is 15.6 Å². The summed E-state index contributed by atoms with van der Waals surface area (Å²) in [6.07, 6.45) is 1.46. The largest absolute Gasteiger partial charge is 0.394 e. The van der Waals surface area contributed by atoms with Crippen LogP contribution in [0.15, 0.2) is 5.38 Å². The average molecular weight is 228 g/mol. The highest BCUT2D eigenvalue weighted by molar-refractivity contribution is 7.09. The zero-order chi connectivity index (χ0) is 10.8. The first kappa shape index (κ1) is 10.5. The van der Waals surface area contributed by atoms with Gasteiger partial charge in [0.1, 0.15) is 16.8 Å². The number of aromatic nitrogens is 1. The number of hydrogen-bond donors (Lipinski definition) is 2. The number of ether oxygens (including phenoxy) is 1. The standard InChI is InChI=1S/C9H12N2O3S/c10-8(13)6-4-15-9(11-6)7-2-1-5(3-12)14-7/h4-5,7,12H,1-3H2,(H2,10,13)/t5-,7+/m1/s1. The maximum absolute atomic E-state index is 10.8. The Bertz CT molecular complexity index is 366. The third-order valence-corrected chi connectivity index (χ3v) is 3.30. The molecule has 1 aliphatic rings. The molecule has 82 valence electrons. The highest BCUT2D eigenvalue weighted by atomic mass is 32.1. The van der Waals surface area contributed by atoms with Crippen molar-refractivity contribution in [1.29, 1.82) is 0 Å². The quantitative estimate of drug-likeness (QED) is 0.786. The number of aliphatic hydroxyl groups excluding tert-OH is 1. The molecule has 6 heteroatoms. The molecule has 0 saturated carbocycles.